The van der Waals surface area contributed by atoms with Crippen LogP contribution in [0.25, 0.3) is 0 Å². The molecule has 1 unspecified atom stereocenters. The van der Waals surface area contributed by atoms with Crippen LogP contribution in [0.15, 0.2) is 24.3 Å². The Kier molecular flexibility index (Phi) is 10.4. The van der Waals surface area contributed by atoms with E-state index in [2.05, 4.69) is 6.92 Å². The maximum Gasteiger partial charge on any atom is 0.333 e. The van der Waals surface area contributed by atoms with Gasteiger partial charge in [-0.15, -0.1) is 0 Å². The summed E-state index contributed by atoms with van der Waals surface area (Å²) in [5.41, 5.74) is 0.845. The van der Waals surface area contributed by atoms with Crippen LogP contribution in [0, 0.1) is 0 Å². The normalized spacial score (nSPS) is 11.8. The van der Waals surface area contributed by atoms with Crippen molar-refractivity contribution >= 4 is 11.9 Å². The van der Waals surface area contributed by atoms with Gasteiger partial charge in [-0.2, -0.15) is 0 Å². The van der Waals surface area contributed by atoms with Crippen molar-refractivity contribution < 1.29 is 24.2 Å². The Morgan fingerprint density at radius 1 is 1.12 bits per heavy atom. The van der Waals surface area contributed by atoms with E-state index in [-0.39, 0.29) is 12.5 Å². The molecule has 1 rings (SSSR count). The maximum atomic E-state index is 12.1. The molecule has 1 aromatic rings. The summed E-state index contributed by atoms with van der Waals surface area (Å²) in [6, 6.07) is 7.08. The number of carbonyl (C=O) groups is 2. The largest absolute Gasteiger partial charge is 0.484 e. The van der Waals surface area contributed by atoms with E-state index in [1.165, 1.54) is 12.8 Å². The number of rotatable bonds is 13. The van der Waals surface area contributed by atoms with Gasteiger partial charge in [0.2, 0.25) is 0 Å². The second-order valence-electron chi connectivity index (χ2n) is 6.29. The van der Waals surface area contributed by atoms with Gasteiger partial charge < -0.3 is 19.5 Å². The summed E-state index contributed by atoms with van der Waals surface area (Å²) in [5.74, 6) is -0.433. The quantitative estimate of drug-likeness (QED) is 0.544. The minimum Gasteiger partial charge on any atom is -0.484 e. The molecule has 0 spiro atoms. The topological polar surface area (TPSA) is 76.1 Å². The number of carbonyl (C=O) groups excluding carboxylic acids is 1. The predicted octanol–water partition coefficient (Wildman–Crippen LogP) is 3.14. The fourth-order valence-corrected chi connectivity index (χ4v) is 2.51. The smallest absolute Gasteiger partial charge is 0.333 e. The lowest BCUT2D eigenvalue weighted by atomic mass is 10.1. The molecule has 146 valence electrons. The number of ether oxygens (including phenoxy) is 2. The van der Waals surface area contributed by atoms with Crippen LogP contribution in [0.1, 0.15) is 45.1 Å². The third-order valence-electron chi connectivity index (χ3n) is 4.12. The summed E-state index contributed by atoms with van der Waals surface area (Å²) >= 11 is 0. The van der Waals surface area contributed by atoms with Crippen LogP contribution in [0.3, 0.4) is 0 Å². The third kappa shape index (κ3) is 8.34. The standard InChI is InChI=1S/C20H31NO5/c1-4-6-7-8-13-21(3)19(22)15-26-17-11-9-16(10-12-17)14-18(20(23)24)25-5-2/h9-12,18H,4-8,13-15H2,1-3H3,(H,23,24). The Bertz CT molecular complexity index is 544. The van der Waals surface area contributed by atoms with E-state index in [0.29, 0.717) is 18.8 Å². The highest BCUT2D eigenvalue weighted by Gasteiger charge is 2.18. The number of hydrogen-bond acceptors (Lipinski definition) is 4. The van der Waals surface area contributed by atoms with Crippen molar-refractivity contribution in [1.29, 1.82) is 0 Å². The molecule has 0 aliphatic heterocycles. The average Bonchev–Trinajstić information content (AvgIpc) is 2.63. The molecule has 1 amide bonds. The minimum atomic E-state index is -0.972. The zero-order valence-electron chi connectivity index (χ0n) is 16.1. The molecule has 0 aliphatic carbocycles. The highest BCUT2D eigenvalue weighted by molar-refractivity contribution is 5.77. The molecule has 0 saturated carbocycles. The van der Waals surface area contributed by atoms with Crippen LogP contribution in [-0.4, -0.2) is 54.8 Å². The molecule has 26 heavy (non-hydrogen) atoms. The van der Waals surface area contributed by atoms with Crippen LogP contribution in [-0.2, 0) is 20.7 Å². The lowest BCUT2D eigenvalue weighted by Crippen LogP contribution is -2.32. The lowest BCUT2D eigenvalue weighted by molar-refractivity contribution is -0.150. The molecular weight excluding hydrogens is 334 g/mol. The summed E-state index contributed by atoms with van der Waals surface area (Å²) in [4.78, 5) is 24.9. The summed E-state index contributed by atoms with van der Waals surface area (Å²) < 4.78 is 10.7. The van der Waals surface area contributed by atoms with Crippen LogP contribution < -0.4 is 4.74 Å². The molecule has 1 N–H and O–H groups in total. The number of benzene rings is 1. The zero-order chi connectivity index (χ0) is 19.4. The molecule has 0 radical (unpaired) electrons. The Labute approximate surface area is 156 Å². The number of aliphatic carboxylic acids is 1. The third-order valence-corrected chi connectivity index (χ3v) is 4.12. The summed E-state index contributed by atoms with van der Waals surface area (Å²) in [5, 5.41) is 9.12. The Morgan fingerprint density at radius 2 is 1.81 bits per heavy atom. The van der Waals surface area contributed by atoms with Crippen molar-refractivity contribution in [2.75, 3.05) is 26.8 Å². The molecule has 1 atom stereocenters. The first kappa shape index (κ1) is 22.0. The molecule has 0 bridgehead atoms. The van der Waals surface area contributed by atoms with Crippen LogP contribution in [0.4, 0.5) is 0 Å². The molecule has 6 heteroatoms. The van der Waals surface area contributed by atoms with E-state index in [1.807, 2.05) is 0 Å². The zero-order valence-corrected chi connectivity index (χ0v) is 16.1. The van der Waals surface area contributed by atoms with Crippen molar-refractivity contribution in [3.8, 4) is 5.75 Å². The van der Waals surface area contributed by atoms with Gasteiger partial charge in [-0.3, -0.25) is 4.79 Å². The van der Waals surface area contributed by atoms with Gasteiger partial charge in [-0.25, -0.2) is 4.79 Å². The van der Waals surface area contributed by atoms with Gasteiger partial charge >= 0.3 is 5.97 Å². The molecule has 0 fully saturated rings. The molecule has 0 aromatic heterocycles. The van der Waals surface area contributed by atoms with Crippen LogP contribution >= 0.6 is 0 Å². The Balaban J connectivity index is 2.42. The van der Waals surface area contributed by atoms with Gasteiger partial charge in [0.1, 0.15) is 5.75 Å². The lowest BCUT2D eigenvalue weighted by Gasteiger charge is -2.17. The second kappa shape index (κ2) is 12.3. The van der Waals surface area contributed by atoms with E-state index in [0.717, 1.165) is 24.9 Å². The van der Waals surface area contributed by atoms with E-state index in [1.54, 1.807) is 43.1 Å². The van der Waals surface area contributed by atoms with Crippen molar-refractivity contribution in [3.63, 3.8) is 0 Å². The number of carboxylic acids is 1. The van der Waals surface area contributed by atoms with E-state index < -0.39 is 12.1 Å². The van der Waals surface area contributed by atoms with Gasteiger partial charge in [0.25, 0.3) is 5.91 Å². The van der Waals surface area contributed by atoms with Gasteiger partial charge in [0, 0.05) is 26.6 Å². The fraction of sp³-hybridized carbons (Fsp3) is 0.600. The molecule has 0 aliphatic rings. The molecular formula is C20H31NO5. The van der Waals surface area contributed by atoms with E-state index in [9.17, 15) is 9.59 Å². The molecule has 6 nitrogen and oxygen atoms in total. The number of unbranched alkanes of at least 4 members (excludes halogenated alkanes) is 3. The van der Waals surface area contributed by atoms with Crippen molar-refractivity contribution in [3.05, 3.63) is 29.8 Å². The summed E-state index contributed by atoms with van der Waals surface area (Å²) in [6.07, 6.45) is 3.95. The monoisotopic (exact) mass is 365 g/mol. The highest BCUT2D eigenvalue weighted by atomic mass is 16.5. The first-order valence-electron chi connectivity index (χ1n) is 9.28. The SMILES string of the molecule is CCCCCCN(C)C(=O)COc1ccc(CC(OCC)C(=O)O)cc1. The van der Waals surface area contributed by atoms with Crippen LogP contribution in [0.5, 0.6) is 5.75 Å². The van der Waals surface area contributed by atoms with E-state index in [4.69, 9.17) is 14.6 Å². The average molecular weight is 365 g/mol. The fourth-order valence-electron chi connectivity index (χ4n) is 2.51. The van der Waals surface area contributed by atoms with Gasteiger partial charge in [0.15, 0.2) is 12.7 Å². The number of carboxylic acid groups (broad SMARTS) is 1. The first-order chi connectivity index (χ1) is 12.5. The van der Waals surface area contributed by atoms with Crippen LogP contribution in [0.2, 0.25) is 0 Å². The highest BCUT2D eigenvalue weighted by Crippen LogP contribution is 2.15. The molecule has 1 aromatic carbocycles. The number of likely N-dealkylation sites (N-methyl/N-ethyl adjacent to an activating group) is 1. The van der Waals surface area contributed by atoms with Gasteiger partial charge in [-0.1, -0.05) is 38.3 Å². The molecule has 0 heterocycles. The number of amides is 1. The predicted molar refractivity (Wildman–Crippen MR) is 100 cm³/mol. The Hall–Kier alpha value is -2.08. The first-order valence-corrected chi connectivity index (χ1v) is 9.28. The van der Waals surface area contributed by atoms with E-state index >= 15 is 0 Å². The second-order valence-corrected chi connectivity index (χ2v) is 6.29. The van der Waals surface area contributed by atoms with Gasteiger partial charge in [-0.05, 0) is 31.0 Å². The number of nitrogens with zero attached hydrogens (tertiary/aromatic N) is 1. The van der Waals surface area contributed by atoms with Gasteiger partial charge in [0.05, 0.1) is 0 Å². The Morgan fingerprint density at radius 3 is 2.38 bits per heavy atom. The summed E-state index contributed by atoms with van der Waals surface area (Å²) in [6.45, 7) is 5.03. The number of hydrogen-bond donors (Lipinski definition) is 1. The maximum absolute atomic E-state index is 12.1. The van der Waals surface area contributed by atoms with Crippen molar-refractivity contribution in [1.82, 2.24) is 4.90 Å². The summed E-state index contributed by atoms with van der Waals surface area (Å²) in [7, 11) is 1.79. The van der Waals surface area contributed by atoms with Crippen molar-refractivity contribution in [2.24, 2.45) is 0 Å². The minimum absolute atomic E-state index is 0.000319. The molecule has 0 saturated heterocycles. The van der Waals surface area contributed by atoms with Crippen molar-refractivity contribution in [2.45, 2.75) is 52.1 Å².